The van der Waals surface area contributed by atoms with Crippen LogP contribution in [0.1, 0.15) is 56.1 Å². The van der Waals surface area contributed by atoms with Crippen LogP contribution in [0.5, 0.6) is 0 Å². The zero-order chi connectivity index (χ0) is 25.1. The SMILES string of the molecule is Cc1cc(-c2ccc3[nH]ccc3c2)ccc1C1=NC2(CCCC2)C(=O)N1C[C@@H]1CCN(C(=O)C2CC2)C1. The fourth-order valence-electron chi connectivity index (χ4n) is 6.67. The Kier molecular flexibility index (Phi) is 5.27. The van der Waals surface area contributed by atoms with Crippen molar-refractivity contribution in [2.75, 3.05) is 19.6 Å². The van der Waals surface area contributed by atoms with Crippen LogP contribution in [0, 0.1) is 18.8 Å². The van der Waals surface area contributed by atoms with Gasteiger partial charge in [0.05, 0.1) is 0 Å². The van der Waals surface area contributed by atoms with Crippen molar-refractivity contribution in [3.05, 3.63) is 59.8 Å². The normalized spacial score (nSPS) is 23.0. The molecule has 2 saturated carbocycles. The summed E-state index contributed by atoms with van der Waals surface area (Å²) in [6, 6.07) is 15.1. The average molecular weight is 495 g/mol. The third-order valence-corrected chi connectivity index (χ3v) is 8.97. The number of nitrogens with zero attached hydrogens (tertiary/aromatic N) is 3. The first-order chi connectivity index (χ1) is 18.0. The maximum atomic E-state index is 13.9. The van der Waals surface area contributed by atoms with Gasteiger partial charge >= 0.3 is 0 Å². The fraction of sp³-hybridized carbons (Fsp3) is 0.452. The first-order valence-electron chi connectivity index (χ1n) is 13.9. The molecule has 1 N–H and O–H groups in total. The summed E-state index contributed by atoms with van der Waals surface area (Å²) in [7, 11) is 0. The van der Waals surface area contributed by atoms with E-state index in [9.17, 15) is 9.59 Å². The lowest BCUT2D eigenvalue weighted by Crippen LogP contribution is -2.44. The van der Waals surface area contributed by atoms with Crippen molar-refractivity contribution in [2.24, 2.45) is 16.8 Å². The van der Waals surface area contributed by atoms with Crippen molar-refractivity contribution in [2.45, 2.75) is 57.4 Å². The average Bonchev–Trinajstić information content (AvgIpc) is 3.25. The van der Waals surface area contributed by atoms with E-state index in [4.69, 9.17) is 4.99 Å². The minimum absolute atomic E-state index is 0.174. The minimum Gasteiger partial charge on any atom is -0.361 e. The molecule has 190 valence electrons. The third-order valence-electron chi connectivity index (χ3n) is 8.97. The zero-order valence-electron chi connectivity index (χ0n) is 21.5. The first-order valence-corrected chi connectivity index (χ1v) is 13.9. The summed E-state index contributed by atoms with van der Waals surface area (Å²) in [5, 5.41) is 1.20. The topological polar surface area (TPSA) is 68.8 Å². The van der Waals surface area contributed by atoms with Gasteiger partial charge in [-0.25, -0.2) is 0 Å². The van der Waals surface area contributed by atoms with Gasteiger partial charge in [-0.1, -0.05) is 37.1 Å². The molecule has 4 aliphatic rings. The number of rotatable bonds is 5. The number of fused-ring (bicyclic) bond motifs is 1. The predicted octanol–water partition coefficient (Wildman–Crippen LogP) is 5.30. The Hall–Kier alpha value is -3.41. The van der Waals surface area contributed by atoms with Crippen LogP contribution in [0.2, 0.25) is 0 Å². The van der Waals surface area contributed by atoms with Crippen LogP contribution in [0.3, 0.4) is 0 Å². The summed E-state index contributed by atoms with van der Waals surface area (Å²) in [6.07, 6.45) is 8.81. The summed E-state index contributed by atoms with van der Waals surface area (Å²) in [4.78, 5) is 38.9. The van der Waals surface area contributed by atoms with Crippen molar-refractivity contribution < 1.29 is 9.59 Å². The molecule has 3 aromatic rings. The summed E-state index contributed by atoms with van der Waals surface area (Å²) >= 11 is 0. The van der Waals surface area contributed by atoms with E-state index in [1.165, 1.54) is 16.5 Å². The number of nitrogens with one attached hydrogen (secondary N) is 1. The van der Waals surface area contributed by atoms with Gasteiger partial charge in [0, 0.05) is 42.8 Å². The van der Waals surface area contributed by atoms with Gasteiger partial charge in [0.2, 0.25) is 5.91 Å². The molecule has 3 fully saturated rings. The van der Waals surface area contributed by atoms with Crippen LogP contribution in [0.25, 0.3) is 22.0 Å². The van der Waals surface area contributed by atoms with E-state index in [2.05, 4.69) is 54.4 Å². The number of H-pyrrole nitrogens is 1. The lowest BCUT2D eigenvalue weighted by molar-refractivity contribution is -0.131. The summed E-state index contributed by atoms with van der Waals surface area (Å²) in [6.45, 7) is 4.36. The Balaban J connectivity index is 1.18. The Morgan fingerprint density at radius 1 is 1.05 bits per heavy atom. The lowest BCUT2D eigenvalue weighted by atomic mass is 9.97. The number of aliphatic imine (C=N–C) groups is 1. The smallest absolute Gasteiger partial charge is 0.256 e. The highest BCUT2D eigenvalue weighted by molar-refractivity contribution is 6.16. The lowest BCUT2D eigenvalue weighted by Gasteiger charge is -2.26. The Morgan fingerprint density at radius 2 is 1.84 bits per heavy atom. The molecule has 2 aliphatic carbocycles. The second kappa shape index (κ2) is 8.57. The number of aromatic nitrogens is 1. The Morgan fingerprint density at radius 3 is 2.62 bits per heavy atom. The number of hydrogen-bond donors (Lipinski definition) is 1. The van der Waals surface area contributed by atoms with Crippen LogP contribution in [-0.4, -0.2) is 57.6 Å². The van der Waals surface area contributed by atoms with Gasteiger partial charge in [-0.05, 0) is 85.2 Å². The molecule has 2 aliphatic heterocycles. The van der Waals surface area contributed by atoms with Crippen LogP contribution in [0.15, 0.2) is 53.7 Å². The van der Waals surface area contributed by atoms with Crippen LogP contribution < -0.4 is 0 Å². The monoisotopic (exact) mass is 494 g/mol. The van der Waals surface area contributed by atoms with Crippen molar-refractivity contribution in [1.29, 1.82) is 0 Å². The molecular weight excluding hydrogens is 460 g/mol. The zero-order valence-corrected chi connectivity index (χ0v) is 21.5. The van der Waals surface area contributed by atoms with Gasteiger partial charge in [-0.15, -0.1) is 0 Å². The largest absolute Gasteiger partial charge is 0.361 e. The van der Waals surface area contributed by atoms with E-state index in [1.54, 1.807) is 0 Å². The number of amidine groups is 1. The van der Waals surface area contributed by atoms with E-state index >= 15 is 0 Å². The molecule has 37 heavy (non-hydrogen) atoms. The number of benzene rings is 2. The van der Waals surface area contributed by atoms with Gasteiger partial charge in [0.25, 0.3) is 5.91 Å². The number of carbonyl (C=O) groups excluding carboxylic acids is 2. The first kappa shape index (κ1) is 22.8. The van der Waals surface area contributed by atoms with Gasteiger partial charge in [-0.2, -0.15) is 0 Å². The van der Waals surface area contributed by atoms with Crippen molar-refractivity contribution >= 4 is 28.6 Å². The molecule has 1 spiro atoms. The molecule has 6 nitrogen and oxygen atoms in total. The van der Waals surface area contributed by atoms with Crippen LogP contribution in [0.4, 0.5) is 0 Å². The number of carbonyl (C=O) groups is 2. The van der Waals surface area contributed by atoms with Crippen LogP contribution >= 0.6 is 0 Å². The minimum atomic E-state index is -0.581. The number of likely N-dealkylation sites (tertiary alicyclic amines) is 1. The molecule has 1 aromatic heterocycles. The molecule has 0 radical (unpaired) electrons. The molecule has 1 saturated heterocycles. The summed E-state index contributed by atoms with van der Waals surface area (Å²) < 4.78 is 0. The fourth-order valence-corrected chi connectivity index (χ4v) is 6.67. The number of aromatic amines is 1. The molecule has 1 atom stereocenters. The molecule has 7 rings (SSSR count). The second-order valence-corrected chi connectivity index (χ2v) is 11.6. The summed E-state index contributed by atoms with van der Waals surface area (Å²) in [5.41, 5.74) is 5.09. The molecule has 3 heterocycles. The summed E-state index contributed by atoms with van der Waals surface area (Å²) in [5.74, 6) is 1.89. The van der Waals surface area contributed by atoms with E-state index in [-0.39, 0.29) is 11.8 Å². The van der Waals surface area contributed by atoms with Crippen molar-refractivity contribution in [3.8, 4) is 11.1 Å². The van der Waals surface area contributed by atoms with E-state index in [0.717, 1.165) is 80.5 Å². The van der Waals surface area contributed by atoms with Gasteiger partial charge in [0.15, 0.2) is 0 Å². The maximum absolute atomic E-state index is 13.9. The third kappa shape index (κ3) is 3.89. The maximum Gasteiger partial charge on any atom is 0.256 e. The molecule has 2 aromatic carbocycles. The Bertz CT molecular complexity index is 1430. The number of aryl methyl sites for hydroxylation is 1. The number of hydrogen-bond acceptors (Lipinski definition) is 3. The second-order valence-electron chi connectivity index (χ2n) is 11.6. The quantitative estimate of drug-likeness (QED) is 0.523. The standard InChI is InChI=1S/C31H34N4O2/c1-20-16-23(24-7-9-27-25(17-24)10-14-32-27)6-8-26(20)28-33-31(12-2-3-13-31)30(37)35(28)19-21-11-15-34(18-21)29(36)22-4-5-22/h6-10,14,16-17,21-22,32H,2-5,11-13,15,18-19H2,1H3/t21-/m1/s1. The molecule has 0 bridgehead atoms. The van der Waals surface area contributed by atoms with E-state index < -0.39 is 5.54 Å². The number of amides is 2. The van der Waals surface area contributed by atoms with Gasteiger partial charge < -0.3 is 9.88 Å². The predicted molar refractivity (Wildman–Crippen MR) is 145 cm³/mol. The molecular formula is C31H34N4O2. The van der Waals surface area contributed by atoms with Crippen molar-refractivity contribution in [1.82, 2.24) is 14.8 Å². The highest BCUT2D eigenvalue weighted by Gasteiger charge is 2.51. The highest BCUT2D eigenvalue weighted by Crippen LogP contribution is 2.41. The van der Waals surface area contributed by atoms with Gasteiger partial charge in [-0.3, -0.25) is 19.5 Å². The molecule has 2 amide bonds. The highest BCUT2D eigenvalue weighted by atomic mass is 16.2. The van der Waals surface area contributed by atoms with Crippen LogP contribution in [-0.2, 0) is 9.59 Å². The van der Waals surface area contributed by atoms with Crippen molar-refractivity contribution in [3.63, 3.8) is 0 Å². The van der Waals surface area contributed by atoms with E-state index in [1.807, 2.05) is 16.0 Å². The molecule has 0 unspecified atom stereocenters. The Labute approximate surface area is 217 Å². The van der Waals surface area contributed by atoms with Gasteiger partial charge in [0.1, 0.15) is 11.4 Å². The molecule has 6 heteroatoms. The van der Waals surface area contributed by atoms with E-state index in [0.29, 0.717) is 18.4 Å².